The fourth-order valence-electron chi connectivity index (χ4n) is 2.05. The highest BCUT2D eigenvalue weighted by Gasteiger charge is 2.23. The number of carboxylic acid groups (broad SMARTS) is 1. The summed E-state index contributed by atoms with van der Waals surface area (Å²) in [6.07, 6.45) is 2.37. The van der Waals surface area contributed by atoms with E-state index in [2.05, 4.69) is 10.00 Å². The van der Waals surface area contributed by atoms with Crippen LogP contribution in [0.1, 0.15) is 22.5 Å². The Kier molecular flexibility index (Phi) is 2.93. The number of nitrogens with two attached hydrogens (primary N) is 1. The zero-order valence-electron chi connectivity index (χ0n) is 9.26. The first-order valence-electron chi connectivity index (χ1n) is 5.30. The van der Waals surface area contributed by atoms with Crippen LogP contribution in [0.25, 0.3) is 0 Å². The third kappa shape index (κ3) is 2.07. The molecule has 6 nitrogen and oxygen atoms in total. The van der Waals surface area contributed by atoms with Crippen LogP contribution >= 0.6 is 0 Å². The molecule has 6 heteroatoms. The Morgan fingerprint density at radius 1 is 1.75 bits per heavy atom. The van der Waals surface area contributed by atoms with Crippen LogP contribution in [0.2, 0.25) is 0 Å². The average Bonchev–Trinajstić information content (AvgIpc) is 2.76. The predicted molar refractivity (Wildman–Crippen MR) is 58.0 cm³/mol. The van der Waals surface area contributed by atoms with E-state index < -0.39 is 5.97 Å². The topological polar surface area (TPSA) is 84.4 Å². The second-order valence-corrected chi connectivity index (χ2v) is 4.22. The van der Waals surface area contributed by atoms with E-state index in [-0.39, 0.29) is 11.6 Å². The van der Waals surface area contributed by atoms with Crippen molar-refractivity contribution >= 4 is 5.97 Å². The molecule has 1 fully saturated rings. The quantitative estimate of drug-likeness (QED) is 0.733. The van der Waals surface area contributed by atoms with Crippen molar-refractivity contribution in [1.82, 2.24) is 14.7 Å². The molecule has 88 valence electrons. The minimum absolute atomic E-state index is 0.210. The van der Waals surface area contributed by atoms with E-state index in [1.54, 1.807) is 11.7 Å². The van der Waals surface area contributed by atoms with E-state index in [9.17, 15) is 4.79 Å². The number of hydrogen-bond acceptors (Lipinski definition) is 4. The fourth-order valence-corrected chi connectivity index (χ4v) is 2.05. The molecule has 1 aliphatic heterocycles. The molecule has 1 aliphatic rings. The maximum Gasteiger partial charge on any atom is 0.339 e. The minimum Gasteiger partial charge on any atom is -0.478 e. The first-order chi connectivity index (χ1) is 7.58. The smallest absolute Gasteiger partial charge is 0.339 e. The lowest BCUT2D eigenvalue weighted by Crippen LogP contribution is -2.27. The van der Waals surface area contributed by atoms with Gasteiger partial charge in [0.1, 0.15) is 5.56 Å². The summed E-state index contributed by atoms with van der Waals surface area (Å²) in [5.41, 5.74) is 6.83. The Morgan fingerprint density at radius 2 is 2.50 bits per heavy atom. The molecule has 0 aliphatic carbocycles. The number of carbonyl (C=O) groups is 1. The molecule has 0 unspecified atom stereocenters. The van der Waals surface area contributed by atoms with Crippen molar-refractivity contribution < 1.29 is 9.90 Å². The summed E-state index contributed by atoms with van der Waals surface area (Å²) in [4.78, 5) is 13.1. The zero-order valence-corrected chi connectivity index (χ0v) is 9.26. The Morgan fingerprint density at radius 3 is 3.06 bits per heavy atom. The molecule has 0 radical (unpaired) electrons. The van der Waals surface area contributed by atoms with E-state index in [4.69, 9.17) is 10.8 Å². The Bertz CT molecular complexity index is 402. The van der Waals surface area contributed by atoms with Gasteiger partial charge >= 0.3 is 5.97 Å². The fraction of sp³-hybridized carbons (Fsp3) is 0.600. The van der Waals surface area contributed by atoms with Gasteiger partial charge in [-0.15, -0.1) is 0 Å². The first kappa shape index (κ1) is 11.1. The van der Waals surface area contributed by atoms with E-state index in [0.717, 1.165) is 25.2 Å². The van der Waals surface area contributed by atoms with Crippen molar-refractivity contribution in [3.63, 3.8) is 0 Å². The van der Waals surface area contributed by atoms with Crippen molar-refractivity contribution in [3.8, 4) is 0 Å². The van der Waals surface area contributed by atoms with E-state index in [1.165, 1.54) is 6.20 Å². The molecule has 3 N–H and O–H groups in total. The van der Waals surface area contributed by atoms with Crippen molar-refractivity contribution in [2.75, 3.05) is 13.1 Å². The maximum absolute atomic E-state index is 11.0. The number of aryl methyl sites for hydroxylation is 1. The van der Waals surface area contributed by atoms with Crippen molar-refractivity contribution in [2.45, 2.75) is 19.0 Å². The highest BCUT2D eigenvalue weighted by Crippen LogP contribution is 2.15. The molecule has 0 aromatic carbocycles. The molecule has 1 aromatic heterocycles. The Labute approximate surface area is 93.6 Å². The van der Waals surface area contributed by atoms with Gasteiger partial charge in [-0.25, -0.2) is 4.79 Å². The minimum atomic E-state index is -0.924. The number of aromatic nitrogens is 2. The molecule has 1 aromatic rings. The van der Waals surface area contributed by atoms with E-state index in [1.807, 2.05) is 0 Å². The lowest BCUT2D eigenvalue weighted by Gasteiger charge is -2.15. The van der Waals surface area contributed by atoms with Gasteiger partial charge in [0.05, 0.1) is 11.9 Å². The molecular weight excluding hydrogens is 208 g/mol. The van der Waals surface area contributed by atoms with Crippen LogP contribution in [0.5, 0.6) is 0 Å². The maximum atomic E-state index is 11.0. The summed E-state index contributed by atoms with van der Waals surface area (Å²) in [6, 6.07) is 0.210. The molecule has 0 amide bonds. The van der Waals surface area contributed by atoms with Gasteiger partial charge in [0.15, 0.2) is 0 Å². The Hall–Kier alpha value is -1.40. The number of carboxylic acids is 1. The first-order valence-corrected chi connectivity index (χ1v) is 5.30. The van der Waals surface area contributed by atoms with Gasteiger partial charge in [-0.05, 0) is 6.42 Å². The number of likely N-dealkylation sites (tertiary alicyclic amines) is 1. The Balaban J connectivity index is 2.14. The van der Waals surface area contributed by atoms with Gasteiger partial charge in [-0.1, -0.05) is 0 Å². The lowest BCUT2D eigenvalue weighted by molar-refractivity contribution is 0.0694. The molecule has 2 heterocycles. The number of hydrogen-bond donors (Lipinski definition) is 2. The second-order valence-electron chi connectivity index (χ2n) is 4.22. The molecule has 0 bridgehead atoms. The average molecular weight is 224 g/mol. The summed E-state index contributed by atoms with van der Waals surface area (Å²) in [5, 5.41) is 13.0. The predicted octanol–water partition coefficient (Wildman–Crippen LogP) is -0.349. The number of rotatable bonds is 3. The normalized spacial score (nSPS) is 21.5. The summed E-state index contributed by atoms with van der Waals surface area (Å²) in [5.74, 6) is -0.924. The summed E-state index contributed by atoms with van der Waals surface area (Å²) in [7, 11) is 1.76. The van der Waals surface area contributed by atoms with Crippen LogP contribution in [-0.2, 0) is 13.6 Å². The molecular formula is C10H16N4O2. The van der Waals surface area contributed by atoms with Gasteiger partial charge < -0.3 is 10.8 Å². The molecule has 0 saturated carbocycles. The zero-order chi connectivity index (χ0) is 11.7. The second kappa shape index (κ2) is 4.23. The van der Waals surface area contributed by atoms with Crippen LogP contribution in [0.3, 0.4) is 0 Å². The largest absolute Gasteiger partial charge is 0.478 e. The van der Waals surface area contributed by atoms with Crippen LogP contribution in [0, 0.1) is 0 Å². The van der Waals surface area contributed by atoms with Gasteiger partial charge in [0.25, 0.3) is 0 Å². The summed E-state index contributed by atoms with van der Waals surface area (Å²) < 4.78 is 1.62. The van der Waals surface area contributed by atoms with E-state index >= 15 is 0 Å². The van der Waals surface area contributed by atoms with Crippen LogP contribution in [-0.4, -0.2) is 44.9 Å². The van der Waals surface area contributed by atoms with E-state index in [0.29, 0.717) is 6.54 Å². The molecule has 1 atom stereocenters. The molecule has 2 rings (SSSR count). The van der Waals surface area contributed by atoms with Crippen LogP contribution in [0.4, 0.5) is 0 Å². The third-order valence-electron chi connectivity index (χ3n) is 2.97. The lowest BCUT2D eigenvalue weighted by atomic mass is 10.2. The van der Waals surface area contributed by atoms with Crippen LogP contribution in [0.15, 0.2) is 6.20 Å². The van der Waals surface area contributed by atoms with Gasteiger partial charge in [0, 0.05) is 32.7 Å². The van der Waals surface area contributed by atoms with Crippen molar-refractivity contribution in [2.24, 2.45) is 12.8 Å². The van der Waals surface area contributed by atoms with Crippen LogP contribution < -0.4 is 5.73 Å². The van der Waals surface area contributed by atoms with Crippen molar-refractivity contribution in [1.29, 1.82) is 0 Å². The molecule has 16 heavy (non-hydrogen) atoms. The van der Waals surface area contributed by atoms with Crippen molar-refractivity contribution in [3.05, 3.63) is 17.5 Å². The SMILES string of the molecule is Cn1ncc(C(=O)O)c1CN1CC[C@@H](N)C1. The standard InChI is InChI=1S/C10H16N4O2/c1-13-9(8(4-12-13)10(15)16)6-14-3-2-7(11)5-14/h4,7H,2-3,5-6,11H2,1H3,(H,15,16)/t7-/m1/s1. The van der Waals surface area contributed by atoms with Gasteiger partial charge in [0.2, 0.25) is 0 Å². The monoisotopic (exact) mass is 224 g/mol. The molecule has 1 saturated heterocycles. The number of nitrogens with zero attached hydrogens (tertiary/aromatic N) is 3. The third-order valence-corrected chi connectivity index (χ3v) is 2.97. The van der Waals surface area contributed by atoms with Gasteiger partial charge in [-0.3, -0.25) is 9.58 Å². The van der Waals surface area contributed by atoms with Gasteiger partial charge in [-0.2, -0.15) is 5.10 Å². The summed E-state index contributed by atoms with van der Waals surface area (Å²) in [6.45, 7) is 2.35. The highest BCUT2D eigenvalue weighted by atomic mass is 16.4. The molecule has 0 spiro atoms. The highest BCUT2D eigenvalue weighted by molar-refractivity contribution is 5.88. The number of aromatic carboxylic acids is 1. The summed E-state index contributed by atoms with van der Waals surface area (Å²) >= 11 is 0.